The largest absolute Gasteiger partial charge is 0.366 e. The van der Waals surface area contributed by atoms with Gasteiger partial charge in [0.1, 0.15) is 0 Å². The van der Waals surface area contributed by atoms with Gasteiger partial charge in [-0.3, -0.25) is 4.79 Å². The van der Waals surface area contributed by atoms with Crippen molar-refractivity contribution in [3.63, 3.8) is 0 Å². The second kappa shape index (κ2) is 6.31. The lowest BCUT2D eigenvalue weighted by Gasteiger charge is -2.49. The lowest BCUT2D eigenvalue weighted by atomic mass is 9.55. The van der Waals surface area contributed by atoms with Crippen LogP contribution in [0.25, 0.3) is 0 Å². The highest BCUT2D eigenvalue weighted by Gasteiger charge is 2.52. The molecule has 3 unspecified atom stereocenters. The number of carbonyl (C=O) groups is 1. The number of hydrogen-bond donors (Lipinski definition) is 1. The van der Waals surface area contributed by atoms with Crippen LogP contribution in [-0.4, -0.2) is 5.91 Å². The number of aryl methyl sites for hydroxylation is 1. The highest BCUT2D eigenvalue weighted by atomic mass is 16.1. The Morgan fingerprint density at radius 1 is 1.27 bits per heavy atom. The van der Waals surface area contributed by atoms with Gasteiger partial charge in [-0.15, -0.1) is 5.92 Å². The van der Waals surface area contributed by atoms with Crippen LogP contribution in [0.4, 0.5) is 0 Å². The highest BCUT2D eigenvalue weighted by Crippen LogP contribution is 2.62. The van der Waals surface area contributed by atoms with Crippen LogP contribution in [0.3, 0.4) is 0 Å². The van der Waals surface area contributed by atoms with E-state index in [1.807, 2.05) is 13.0 Å². The van der Waals surface area contributed by atoms with E-state index in [1.54, 1.807) is 5.57 Å². The third-order valence-electron chi connectivity index (χ3n) is 7.58. The van der Waals surface area contributed by atoms with E-state index in [0.717, 1.165) is 23.8 Å². The molecule has 2 nitrogen and oxygen atoms in total. The van der Waals surface area contributed by atoms with Crippen LogP contribution in [0, 0.1) is 29.1 Å². The predicted molar refractivity (Wildman–Crippen MR) is 106 cm³/mol. The summed E-state index contributed by atoms with van der Waals surface area (Å²) in [6, 6.07) is 4.23. The number of benzene rings is 1. The normalized spacial score (nSPS) is 33.7. The molecule has 3 aliphatic rings. The van der Waals surface area contributed by atoms with E-state index in [1.165, 1.54) is 43.2 Å². The van der Waals surface area contributed by atoms with Gasteiger partial charge in [-0.2, -0.15) is 0 Å². The summed E-state index contributed by atoms with van der Waals surface area (Å²) in [5.41, 5.74) is 11.9. The number of amides is 1. The van der Waals surface area contributed by atoms with Gasteiger partial charge in [-0.1, -0.05) is 24.5 Å². The minimum Gasteiger partial charge on any atom is -0.366 e. The van der Waals surface area contributed by atoms with Gasteiger partial charge >= 0.3 is 0 Å². The number of fused-ring (bicyclic) bond motifs is 5. The standard InChI is InChI=1S/C24H29NO/c1-4-6-15-13-20-16(14-21(15)23(25)26)7-9-19-18(20)11-12-24(3)17(5-2)8-10-22(19)24/h5,13-14,18-19,22H,7-12H2,1-3H3,(H2,25,26)/t18?,19?,22?,24-/m1/s1. The van der Waals surface area contributed by atoms with Crippen LogP contribution in [0.1, 0.15) is 85.8 Å². The fourth-order valence-corrected chi connectivity index (χ4v) is 6.39. The Bertz CT molecular complexity index is 853. The fraction of sp³-hybridized carbons (Fsp3) is 0.542. The molecule has 1 aromatic carbocycles. The molecule has 2 fully saturated rings. The van der Waals surface area contributed by atoms with Crippen molar-refractivity contribution in [3.05, 3.63) is 46.0 Å². The van der Waals surface area contributed by atoms with Gasteiger partial charge in [0.25, 0.3) is 0 Å². The van der Waals surface area contributed by atoms with Gasteiger partial charge in [-0.25, -0.2) is 0 Å². The second-order valence-corrected chi connectivity index (χ2v) is 8.56. The number of primary amides is 1. The first-order valence-electron chi connectivity index (χ1n) is 10.0. The molecule has 4 rings (SSSR count). The molecule has 26 heavy (non-hydrogen) atoms. The summed E-state index contributed by atoms with van der Waals surface area (Å²) in [6.07, 6.45) is 9.83. The maximum atomic E-state index is 11.9. The number of carbonyl (C=O) groups excluding carboxylic acids is 1. The molecule has 1 amide bonds. The topological polar surface area (TPSA) is 43.1 Å². The average molecular weight is 348 g/mol. The maximum absolute atomic E-state index is 11.9. The number of hydrogen-bond acceptors (Lipinski definition) is 1. The summed E-state index contributed by atoms with van der Waals surface area (Å²) in [4.78, 5) is 11.9. The van der Waals surface area contributed by atoms with Gasteiger partial charge in [0.05, 0.1) is 5.56 Å². The van der Waals surface area contributed by atoms with Crippen LogP contribution < -0.4 is 5.73 Å². The Labute approximate surface area is 157 Å². The Kier molecular flexibility index (Phi) is 4.22. The Morgan fingerprint density at radius 2 is 2.08 bits per heavy atom. The zero-order valence-corrected chi connectivity index (χ0v) is 16.2. The van der Waals surface area contributed by atoms with E-state index in [-0.39, 0.29) is 5.91 Å². The predicted octanol–water partition coefficient (Wildman–Crippen LogP) is 4.96. The summed E-state index contributed by atoms with van der Waals surface area (Å²) < 4.78 is 0. The summed E-state index contributed by atoms with van der Waals surface area (Å²) in [6.45, 7) is 6.54. The summed E-state index contributed by atoms with van der Waals surface area (Å²) in [5.74, 6) is 7.88. The molecular formula is C24H29NO. The highest BCUT2D eigenvalue weighted by molar-refractivity contribution is 5.96. The van der Waals surface area contributed by atoms with Crippen molar-refractivity contribution in [2.24, 2.45) is 23.0 Å². The van der Waals surface area contributed by atoms with E-state index in [4.69, 9.17) is 5.73 Å². The first-order valence-corrected chi connectivity index (χ1v) is 10.0. The van der Waals surface area contributed by atoms with Crippen LogP contribution >= 0.6 is 0 Å². The molecule has 0 radical (unpaired) electrons. The number of nitrogens with two attached hydrogens (primary N) is 1. The molecule has 0 heterocycles. The second-order valence-electron chi connectivity index (χ2n) is 8.56. The van der Waals surface area contributed by atoms with Crippen LogP contribution in [-0.2, 0) is 6.42 Å². The van der Waals surface area contributed by atoms with Crippen molar-refractivity contribution in [1.82, 2.24) is 0 Å². The van der Waals surface area contributed by atoms with E-state index < -0.39 is 0 Å². The maximum Gasteiger partial charge on any atom is 0.249 e. The van der Waals surface area contributed by atoms with Crippen LogP contribution in [0.2, 0.25) is 0 Å². The quantitative estimate of drug-likeness (QED) is 0.566. The number of allylic oxidation sites excluding steroid dienone is 2. The summed E-state index contributed by atoms with van der Waals surface area (Å²) in [7, 11) is 0. The fourth-order valence-electron chi connectivity index (χ4n) is 6.39. The molecule has 1 aromatic rings. The van der Waals surface area contributed by atoms with Crippen molar-refractivity contribution in [2.75, 3.05) is 0 Å². The lowest BCUT2D eigenvalue weighted by Crippen LogP contribution is -2.40. The van der Waals surface area contributed by atoms with E-state index in [0.29, 0.717) is 16.9 Å². The first kappa shape index (κ1) is 17.4. The summed E-state index contributed by atoms with van der Waals surface area (Å²) in [5, 5.41) is 0. The SMILES string of the molecule is CC#Cc1cc2c(cc1C(N)=O)CCC1C2CC[C@]2(C)C(=CC)CCC12. The molecule has 0 saturated heterocycles. The minimum atomic E-state index is -0.364. The molecule has 3 aliphatic carbocycles. The molecule has 0 aliphatic heterocycles. The molecule has 0 aromatic heterocycles. The zero-order valence-electron chi connectivity index (χ0n) is 16.2. The number of rotatable bonds is 1. The van der Waals surface area contributed by atoms with Crippen molar-refractivity contribution in [1.29, 1.82) is 0 Å². The van der Waals surface area contributed by atoms with Gasteiger partial charge in [0, 0.05) is 5.56 Å². The molecule has 0 spiro atoms. The third-order valence-corrected chi connectivity index (χ3v) is 7.58. The van der Waals surface area contributed by atoms with Crippen molar-refractivity contribution >= 4 is 5.91 Å². The molecule has 136 valence electrons. The smallest absolute Gasteiger partial charge is 0.249 e. The monoisotopic (exact) mass is 347 g/mol. The Balaban J connectivity index is 1.76. The minimum absolute atomic E-state index is 0.364. The van der Waals surface area contributed by atoms with Crippen LogP contribution in [0.5, 0.6) is 0 Å². The molecule has 2 heteroatoms. The zero-order chi connectivity index (χ0) is 18.5. The summed E-state index contributed by atoms with van der Waals surface area (Å²) >= 11 is 0. The third kappa shape index (κ3) is 2.44. The van der Waals surface area contributed by atoms with Crippen molar-refractivity contribution in [3.8, 4) is 11.8 Å². The Morgan fingerprint density at radius 3 is 2.77 bits per heavy atom. The molecule has 4 atom stereocenters. The van der Waals surface area contributed by atoms with E-state index >= 15 is 0 Å². The average Bonchev–Trinajstić information content (AvgIpc) is 2.97. The van der Waals surface area contributed by atoms with Gasteiger partial charge in [0.2, 0.25) is 5.91 Å². The lowest BCUT2D eigenvalue weighted by molar-refractivity contribution is 0.0813. The first-order chi connectivity index (χ1) is 12.5. The van der Waals surface area contributed by atoms with Gasteiger partial charge in [-0.05, 0) is 98.8 Å². The van der Waals surface area contributed by atoms with Gasteiger partial charge < -0.3 is 5.73 Å². The molecule has 2 N–H and O–H groups in total. The van der Waals surface area contributed by atoms with Crippen molar-refractivity contribution in [2.45, 2.75) is 65.2 Å². The van der Waals surface area contributed by atoms with Crippen molar-refractivity contribution < 1.29 is 4.79 Å². The van der Waals surface area contributed by atoms with Crippen LogP contribution in [0.15, 0.2) is 23.8 Å². The molecule has 0 bridgehead atoms. The van der Waals surface area contributed by atoms with E-state index in [9.17, 15) is 4.79 Å². The van der Waals surface area contributed by atoms with E-state index in [2.05, 4.69) is 37.8 Å². The van der Waals surface area contributed by atoms with Gasteiger partial charge in [0.15, 0.2) is 0 Å². The Hall–Kier alpha value is -2.01. The molecular weight excluding hydrogens is 318 g/mol. The molecule has 2 saturated carbocycles.